The summed E-state index contributed by atoms with van der Waals surface area (Å²) in [5.41, 5.74) is 2.23. The van der Waals surface area contributed by atoms with Crippen LogP contribution in [0.2, 0.25) is 0 Å². The Morgan fingerprint density at radius 1 is 1.21 bits per heavy atom. The molecular formula is C22H36N6O. The van der Waals surface area contributed by atoms with Crippen molar-refractivity contribution < 1.29 is 4.74 Å². The fraction of sp³-hybridized carbons (Fsp3) is 0.636. The van der Waals surface area contributed by atoms with E-state index in [4.69, 9.17) is 4.74 Å². The fourth-order valence-corrected chi connectivity index (χ4v) is 4.05. The van der Waals surface area contributed by atoms with Crippen molar-refractivity contribution in [3.63, 3.8) is 0 Å². The van der Waals surface area contributed by atoms with E-state index in [-0.39, 0.29) is 0 Å². The molecule has 1 fully saturated rings. The molecular weight excluding hydrogens is 364 g/mol. The van der Waals surface area contributed by atoms with E-state index in [0.29, 0.717) is 12.0 Å². The molecule has 0 bridgehead atoms. The van der Waals surface area contributed by atoms with Gasteiger partial charge in [-0.3, -0.25) is 9.89 Å². The lowest BCUT2D eigenvalue weighted by molar-refractivity contribution is 0.0132. The van der Waals surface area contributed by atoms with Gasteiger partial charge in [-0.25, -0.2) is 4.98 Å². The Kier molecular flexibility index (Phi) is 7.89. The molecule has 1 saturated heterocycles. The van der Waals surface area contributed by atoms with Crippen LogP contribution in [0.4, 0.5) is 0 Å². The molecule has 1 aromatic heterocycles. The van der Waals surface area contributed by atoms with Crippen molar-refractivity contribution in [3.05, 3.63) is 30.1 Å². The zero-order chi connectivity index (χ0) is 20.6. The Balaban J connectivity index is 1.52. The lowest BCUT2D eigenvalue weighted by Crippen LogP contribution is -2.51. The summed E-state index contributed by atoms with van der Waals surface area (Å²) in [7, 11) is 1.83. The zero-order valence-electron chi connectivity index (χ0n) is 18.3. The lowest BCUT2D eigenvalue weighted by Gasteiger charge is -2.35. The third kappa shape index (κ3) is 5.93. The molecule has 1 aromatic carbocycles. The van der Waals surface area contributed by atoms with Crippen LogP contribution < -0.4 is 10.6 Å². The van der Waals surface area contributed by atoms with Crippen molar-refractivity contribution in [1.82, 2.24) is 25.1 Å². The van der Waals surface area contributed by atoms with Gasteiger partial charge in [0.1, 0.15) is 5.82 Å². The number of imidazole rings is 1. The minimum Gasteiger partial charge on any atom is -0.379 e. The summed E-state index contributed by atoms with van der Waals surface area (Å²) in [6.07, 6.45) is 1.17. The van der Waals surface area contributed by atoms with Crippen LogP contribution in [0.5, 0.6) is 0 Å². The van der Waals surface area contributed by atoms with Gasteiger partial charge < -0.3 is 19.9 Å². The average Bonchev–Trinajstić information content (AvgIpc) is 3.05. The highest BCUT2D eigenvalue weighted by Gasteiger charge is 2.22. The van der Waals surface area contributed by atoms with Crippen molar-refractivity contribution in [2.75, 3.05) is 46.4 Å². The van der Waals surface area contributed by atoms with Crippen LogP contribution in [-0.2, 0) is 11.3 Å². The third-order valence-corrected chi connectivity index (χ3v) is 5.51. The second-order valence-corrected chi connectivity index (χ2v) is 8.11. The van der Waals surface area contributed by atoms with E-state index in [9.17, 15) is 0 Å². The van der Waals surface area contributed by atoms with Crippen LogP contribution in [0.1, 0.15) is 26.1 Å². The summed E-state index contributed by atoms with van der Waals surface area (Å²) in [5.74, 6) is 2.56. The monoisotopic (exact) mass is 400 g/mol. The first-order valence-corrected chi connectivity index (χ1v) is 10.8. The van der Waals surface area contributed by atoms with Crippen molar-refractivity contribution >= 4 is 17.0 Å². The highest BCUT2D eigenvalue weighted by Crippen LogP contribution is 2.15. The van der Waals surface area contributed by atoms with Crippen molar-refractivity contribution in [3.8, 4) is 0 Å². The van der Waals surface area contributed by atoms with Crippen LogP contribution in [0.15, 0.2) is 29.3 Å². The average molecular weight is 401 g/mol. The molecule has 1 aliphatic rings. The summed E-state index contributed by atoms with van der Waals surface area (Å²) in [5, 5.41) is 6.99. The molecule has 0 radical (unpaired) electrons. The first kappa shape index (κ1) is 21.6. The first-order chi connectivity index (χ1) is 14.1. The van der Waals surface area contributed by atoms with E-state index in [1.165, 1.54) is 11.9 Å². The molecule has 0 saturated carbocycles. The van der Waals surface area contributed by atoms with Crippen LogP contribution >= 0.6 is 0 Å². The Morgan fingerprint density at radius 3 is 2.69 bits per heavy atom. The maximum absolute atomic E-state index is 5.52. The topological polar surface area (TPSA) is 66.7 Å². The van der Waals surface area contributed by atoms with Gasteiger partial charge in [0.05, 0.1) is 24.2 Å². The zero-order valence-corrected chi connectivity index (χ0v) is 18.3. The Labute approximate surface area is 174 Å². The molecule has 2 N–H and O–H groups in total. The third-order valence-electron chi connectivity index (χ3n) is 5.51. The summed E-state index contributed by atoms with van der Waals surface area (Å²) < 4.78 is 7.78. The Bertz CT molecular complexity index is 794. The number of para-hydroxylation sites is 2. The molecule has 1 atom stereocenters. The van der Waals surface area contributed by atoms with Gasteiger partial charge in [-0.15, -0.1) is 0 Å². The molecule has 0 aliphatic carbocycles. The van der Waals surface area contributed by atoms with E-state index in [1.807, 2.05) is 13.1 Å². The highest BCUT2D eigenvalue weighted by molar-refractivity contribution is 5.79. The number of aryl methyl sites for hydroxylation is 1. The van der Waals surface area contributed by atoms with Gasteiger partial charge >= 0.3 is 0 Å². The fourth-order valence-electron chi connectivity index (χ4n) is 4.05. The number of guanidine groups is 1. The standard InChI is InChI=1S/C22H36N6O/c1-17(2)15-19(27-11-13-29-14-12-27)16-25-22(23-4)24-9-10-28-18(3)26-20-7-5-6-8-21(20)28/h5-8,17,19H,9-16H2,1-4H3,(H2,23,24,25). The summed E-state index contributed by atoms with van der Waals surface area (Å²) >= 11 is 0. The van der Waals surface area contributed by atoms with Crippen molar-refractivity contribution in [2.24, 2.45) is 10.9 Å². The second kappa shape index (κ2) is 10.6. The molecule has 29 heavy (non-hydrogen) atoms. The number of benzene rings is 1. The molecule has 0 spiro atoms. The number of nitrogens with one attached hydrogen (secondary N) is 2. The van der Waals surface area contributed by atoms with Gasteiger partial charge in [0.15, 0.2) is 5.96 Å². The summed E-state index contributed by atoms with van der Waals surface area (Å²) in [6, 6.07) is 8.78. The largest absolute Gasteiger partial charge is 0.379 e. The molecule has 160 valence electrons. The number of hydrogen-bond donors (Lipinski definition) is 2. The van der Waals surface area contributed by atoms with Crippen molar-refractivity contribution in [1.29, 1.82) is 0 Å². The van der Waals surface area contributed by atoms with E-state index in [0.717, 1.165) is 63.2 Å². The number of hydrogen-bond acceptors (Lipinski definition) is 4. The molecule has 7 heteroatoms. The maximum Gasteiger partial charge on any atom is 0.191 e. The Morgan fingerprint density at radius 2 is 1.97 bits per heavy atom. The molecule has 3 rings (SSSR count). The number of ether oxygens (including phenoxy) is 1. The summed E-state index contributed by atoms with van der Waals surface area (Å²) in [4.78, 5) is 11.6. The number of fused-ring (bicyclic) bond motifs is 1. The number of nitrogens with zero attached hydrogens (tertiary/aromatic N) is 4. The predicted octanol–water partition coefficient (Wildman–Crippen LogP) is 2.26. The van der Waals surface area contributed by atoms with Gasteiger partial charge in [-0.05, 0) is 31.4 Å². The molecule has 1 aliphatic heterocycles. The minimum atomic E-state index is 0.497. The number of morpholine rings is 1. The van der Waals surface area contributed by atoms with Gasteiger partial charge in [0, 0.05) is 45.8 Å². The molecule has 2 aromatic rings. The highest BCUT2D eigenvalue weighted by atomic mass is 16.5. The predicted molar refractivity (Wildman–Crippen MR) is 119 cm³/mol. The SMILES string of the molecule is CN=C(NCCn1c(C)nc2ccccc21)NCC(CC(C)C)N1CCOCC1. The smallest absolute Gasteiger partial charge is 0.191 e. The van der Waals surface area contributed by atoms with Crippen LogP contribution in [0.25, 0.3) is 11.0 Å². The molecule has 1 unspecified atom stereocenters. The first-order valence-electron chi connectivity index (χ1n) is 10.8. The van der Waals surface area contributed by atoms with Crippen molar-refractivity contribution in [2.45, 2.75) is 39.8 Å². The van der Waals surface area contributed by atoms with Crippen LogP contribution in [0.3, 0.4) is 0 Å². The van der Waals surface area contributed by atoms with Gasteiger partial charge in [0.25, 0.3) is 0 Å². The van der Waals surface area contributed by atoms with Gasteiger partial charge in [-0.1, -0.05) is 26.0 Å². The van der Waals surface area contributed by atoms with Crippen LogP contribution in [-0.4, -0.2) is 72.9 Å². The van der Waals surface area contributed by atoms with Gasteiger partial charge in [0.2, 0.25) is 0 Å². The molecule has 0 amide bonds. The molecule has 7 nitrogen and oxygen atoms in total. The second-order valence-electron chi connectivity index (χ2n) is 8.11. The quantitative estimate of drug-likeness (QED) is 0.526. The van der Waals surface area contributed by atoms with E-state index in [2.05, 4.69) is 69.0 Å². The lowest BCUT2D eigenvalue weighted by atomic mass is 10.0. The minimum absolute atomic E-state index is 0.497. The normalized spacial score (nSPS) is 17.1. The van der Waals surface area contributed by atoms with Crippen LogP contribution in [0, 0.1) is 12.8 Å². The number of aliphatic imine (C=N–C) groups is 1. The van der Waals surface area contributed by atoms with E-state index < -0.39 is 0 Å². The van der Waals surface area contributed by atoms with E-state index in [1.54, 1.807) is 0 Å². The number of aromatic nitrogens is 2. The summed E-state index contributed by atoms with van der Waals surface area (Å²) in [6.45, 7) is 12.9. The van der Waals surface area contributed by atoms with Gasteiger partial charge in [-0.2, -0.15) is 0 Å². The van der Waals surface area contributed by atoms with E-state index >= 15 is 0 Å². The Hall–Kier alpha value is -2.12. The number of rotatable bonds is 8. The maximum atomic E-state index is 5.52. The molecule has 2 heterocycles.